The van der Waals surface area contributed by atoms with Gasteiger partial charge in [-0.1, -0.05) is 6.92 Å². The molecule has 2 saturated carbocycles. The molecule has 0 heterocycles. The third-order valence-corrected chi connectivity index (χ3v) is 4.84. The van der Waals surface area contributed by atoms with Crippen molar-refractivity contribution < 1.29 is 0 Å². The minimum Gasteiger partial charge on any atom is -0.316 e. The van der Waals surface area contributed by atoms with Crippen molar-refractivity contribution in [2.24, 2.45) is 17.3 Å². The Morgan fingerprint density at radius 1 is 1.33 bits per heavy atom. The summed E-state index contributed by atoms with van der Waals surface area (Å²) in [5.41, 5.74) is 0.686. The summed E-state index contributed by atoms with van der Waals surface area (Å²) in [6.45, 7) is 4.75. The van der Waals surface area contributed by atoms with Crippen LogP contribution in [0.15, 0.2) is 0 Å². The van der Waals surface area contributed by atoms with Crippen LogP contribution in [0.2, 0.25) is 0 Å². The van der Waals surface area contributed by atoms with Crippen molar-refractivity contribution in [3.05, 3.63) is 0 Å². The standard InChI is InChI=1S/C13H25NS/c1-3-5-14-10-13(4-6-15-2)8-11-7-12(11)9-13/h11-12,14H,3-10H2,1-2H3. The van der Waals surface area contributed by atoms with E-state index >= 15 is 0 Å². The first-order valence-corrected chi connectivity index (χ1v) is 7.89. The predicted octanol–water partition coefficient (Wildman–Crippen LogP) is 3.16. The van der Waals surface area contributed by atoms with Crippen molar-refractivity contribution in [3.8, 4) is 0 Å². The highest BCUT2D eigenvalue weighted by atomic mass is 32.2. The maximum Gasteiger partial charge on any atom is 0.000831 e. The van der Waals surface area contributed by atoms with Crippen LogP contribution in [0.25, 0.3) is 0 Å². The molecule has 15 heavy (non-hydrogen) atoms. The summed E-state index contributed by atoms with van der Waals surface area (Å²) in [6, 6.07) is 0. The van der Waals surface area contributed by atoms with Gasteiger partial charge >= 0.3 is 0 Å². The van der Waals surface area contributed by atoms with Crippen LogP contribution in [0.1, 0.15) is 39.0 Å². The fourth-order valence-electron chi connectivity index (χ4n) is 3.29. The van der Waals surface area contributed by atoms with E-state index in [0.717, 1.165) is 11.8 Å². The Labute approximate surface area is 98.8 Å². The molecule has 2 heteroatoms. The summed E-state index contributed by atoms with van der Waals surface area (Å²) in [4.78, 5) is 0. The zero-order valence-corrected chi connectivity index (χ0v) is 11.0. The number of fused-ring (bicyclic) bond motifs is 1. The molecule has 2 rings (SSSR count). The Kier molecular flexibility index (Phi) is 4.00. The zero-order chi connectivity index (χ0) is 10.7. The van der Waals surface area contributed by atoms with Crippen LogP contribution in [0.5, 0.6) is 0 Å². The normalized spacial score (nSPS) is 38.0. The van der Waals surface area contributed by atoms with Gasteiger partial charge in [-0.15, -0.1) is 0 Å². The van der Waals surface area contributed by atoms with Gasteiger partial charge in [0.25, 0.3) is 0 Å². The Morgan fingerprint density at radius 3 is 2.67 bits per heavy atom. The third kappa shape index (κ3) is 2.91. The average molecular weight is 227 g/mol. The number of rotatable bonds is 7. The van der Waals surface area contributed by atoms with E-state index in [1.54, 1.807) is 6.42 Å². The van der Waals surface area contributed by atoms with Gasteiger partial charge in [-0.25, -0.2) is 0 Å². The van der Waals surface area contributed by atoms with E-state index in [4.69, 9.17) is 0 Å². The highest BCUT2D eigenvalue weighted by Crippen LogP contribution is 2.61. The topological polar surface area (TPSA) is 12.0 Å². The van der Waals surface area contributed by atoms with Gasteiger partial charge in [-0.3, -0.25) is 0 Å². The number of nitrogens with one attached hydrogen (secondary N) is 1. The van der Waals surface area contributed by atoms with Crippen LogP contribution in [-0.2, 0) is 0 Å². The molecule has 0 aromatic rings. The molecule has 88 valence electrons. The minimum absolute atomic E-state index is 0.686. The molecule has 1 N–H and O–H groups in total. The Hall–Kier alpha value is 0.310. The average Bonchev–Trinajstić information content (AvgIpc) is 2.85. The second-order valence-electron chi connectivity index (χ2n) is 5.58. The highest BCUT2D eigenvalue weighted by Gasteiger charge is 2.52. The lowest BCUT2D eigenvalue weighted by Gasteiger charge is -2.31. The van der Waals surface area contributed by atoms with Gasteiger partial charge in [0.05, 0.1) is 0 Å². The van der Waals surface area contributed by atoms with E-state index in [9.17, 15) is 0 Å². The van der Waals surface area contributed by atoms with Crippen molar-refractivity contribution in [1.29, 1.82) is 0 Å². The molecule has 2 atom stereocenters. The first-order chi connectivity index (χ1) is 7.29. The molecule has 0 aromatic carbocycles. The van der Waals surface area contributed by atoms with E-state index in [1.165, 1.54) is 44.5 Å². The Morgan fingerprint density at radius 2 is 2.07 bits per heavy atom. The summed E-state index contributed by atoms with van der Waals surface area (Å²) in [5, 5.41) is 3.66. The Balaban J connectivity index is 1.79. The zero-order valence-electron chi connectivity index (χ0n) is 10.2. The van der Waals surface area contributed by atoms with Crippen LogP contribution in [-0.4, -0.2) is 25.1 Å². The molecule has 2 aliphatic carbocycles. The minimum atomic E-state index is 0.686. The van der Waals surface area contributed by atoms with Crippen LogP contribution < -0.4 is 5.32 Å². The van der Waals surface area contributed by atoms with Crippen LogP contribution in [0.3, 0.4) is 0 Å². The summed E-state index contributed by atoms with van der Waals surface area (Å²) < 4.78 is 0. The van der Waals surface area contributed by atoms with Gasteiger partial charge in [0.2, 0.25) is 0 Å². The lowest BCUT2D eigenvalue weighted by atomic mass is 9.80. The molecule has 0 saturated heterocycles. The maximum atomic E-state index is 3.66. The molecule has 2 aliphatic rings. The molecule has 1 nitrogen and oxygen atoms in total. The largest absolute Gasteiger partial charge is 0.316 e. The van der Waals surface area contributed by atoms with E-state index in [-0.39, 0.29) is 0 Å². The number of thioether (sulfide) groups is 1. The van der Waals surface area contributed by atoms with Gasteiger partial charge in [-0.2, -0.15) is 11.8 Å². The molecule has 0 radical (unpaired) electrons. The van der Waals surface area contributed by atoms with Crippen LogP contribution >= 0.6 is 11.8 Å². The SMILES string of the molecule is CCCNCC1(CCSC)CC2CC2C1. The van der Waals surface area contributed by atoms with Crippen molar-refractivity contribution in [1.82, 2.24) is 5.32 Å². The molecule has 0 spiro atoms. The molecule has 0 aliphatic heterocycles. The molecular weight excluding hydrogens is 202 g/mol. The van der Waals surface area contributed by atoms with E-state index in [1.807, 2.05) is 11.8 Å². The van der Waals surface area contributed by atoms with Gasteiger partial charge < -0.3 is 5.32 Å². The quantitative estimate of drug-likeness (QED) is 0.671. The van der Waals surface area contributed by atoms with Gasteiger partial charge in [0.1, 0.15) is 0 Å². The highest BCUT2D eigenvalue weighted by molar-refractivity contribution is 7.98. The number of hydrogen-bond acceptors (Lipinski definition) is 2. The lowest BCUT2D eigenvalue weighted by Crippen LogP contribution is -2.34. The Bertz CT molecular complexity index is 195. The van der Waals surface area contributed by atoms with Crippen molar-refractivity contribution in [3.63, 3.8) is 0 Å². The van der Waals surface area contributed by atoms with Gasteiger partial charge in [0.15, 0.2) is 0 Å². The van der Waals surface area contributed by atoms with Crippen LogP contribution in [0, 0.1) is 17.3 Å². The van der Waals surface area contributed by atoms with E-state index in [2.05, 4.69) is 18.5 Å². The molecule has 0 bridgehead atoms. The molecule has 0 amide bonds. The van der Waals surface area contributed by atoms with Crippen molar-refractivity contribution >= 4 is 11.8 Å². The molecule has 2 fully saturated rings. The molecule has 2 unspecified atom stereocenters. The lowest BCUT2D eigenvalue weighted by molar-refractivity contribution is 0.243. The second kappa shape index (κ2) is 5.09. The maximum absolute atomic E-state index is 3.66. The summed E-state index contributed by atoms with van der Waals surface area (Å²) in [7, 11) is 0. The fourth-order valence-corrected chi connectivity index (χ4v) is 3.93. The van der Waals surface area contributed by atoms with Crippen molar-refractivity contribution in [2.75, 3.05) is 25.1 Å². The van der Waals surface area contributed by atoms with Gasteiger partial charge in [-0.05, 0) is 67.9 Å². The van der Waals surface area contributed by atoms with E-state index in [0.29, 0.717) is 5.41 Å². The molecule has 0 aromatic heterocycles. The second-order valence-corrected chi connectivity index (χ2v) is 6.57. The summed E-state index contributed by atoms with van der Waals surface area (Å²) >= 11 is 2.01. The summed E-state index contributed by atoms with van der Waals surface area (Å²) in [6.07, 6.45) is 9.55. The molecular formula is C13H25NS. The van der Waals surface area contributed by atoms with Crippen molar-refractivity contribution in [2.45, 2.75) is 39.0 Å². The monoisotopic (exact) mass is 227 g/mol. The first kappa shape index (κ1) is 11.8. The predicted molar refractivity (Wildman–Crippen MR) is 69.4 cm³/mol. The van der Waals surface area contributed by atoms with E-state index < -0.39 is 0 Å². The third-order valence-electron chi connectivity index (χ3n) is 4.22. The summed E-state index contributed by atoms with van der Waals surface area (Å²) in [5.74, 6) is 3.60. The van der Waals surface area contributed by atoms with Gasteiger partial charge in [0, 0.05) is 6.54 Å². The van der Waals surface area contributed by atoms with Crippen LogP contribution in [0.4, 0.5) is 0 Å². The number of hydrogen-bond donors (Lipinski definition) is 1. The first-order valence-electron chi connectivity index (χ1n) is 6.49. The fraction of sp³-hybridized carbons (Fsp3) is 1.00. The smallest absolute Gasteiger partial charge is 0.000831 e.